The number of hydrogen-bond acceptors (Lipinski definition) is 9. The first-order valence-corrected chi connectivity index (χ1v) is 11.0. The van der Waals surface area contributed by atoms with Crippen molar-refractivity contribution in [3.63, 3.8) is 0 Å². The van der Waals surface area contributed by atoms with Gasteiger partial charge in [-0.2, -0.15) is 0 Å². The highest BCUT2D eigenvalue weighted by atomic mass is 16.6. The maximum atomic E-state index is 13.0. The van der Waals surface area contributed by atoms with E-state index in [-0.39, 0.29) is 30.3 Å². The quantitative estimate of drug-likeness (QED) is 0.317. The average molecular weight is 494 g/mol. The molecule has 0 saturated carbocycles. The molecule has 0 aliphatic rings. The highest BCUT2D eigenvalue weighted by molar-refractivity contribution is 5.98. The van der Waals surface area contributed by atoms with Crippen LogP contribution in [0.1, 0.15) is 21.5 Å². The van der Waals surface area contributed by atoms with E-state index in [1.165, 1.54) is 26.4 Å². The van der Waals surface area contributed by atoms with Gasteiger partial charge in [0.2, 0.25) is 6.10 Å². The first-order valence-electron chi connectivity index (χ1n) is 11.0. The molecule has 1 N–H and O–H groups in total. The van der Waals surface area contributed by atoms with E-state index in [1.54, 1.807) is 66.7 Å². The summed E-state index contributed by atoms with van der Waals surface area (Å²) in [4.78, 5) is 38.5. The fraction of sp³-hybridized carbons (Fsp3) is 0.222. The van der Waals surface area contributed by atoms with Crippen LogP contribution in [0.5, 0.6) is 11.5 Å². The number of carbonyl (C=O) groups is 3. The molecule has 0 aliphatic heterocycles. The zero-order chi connectivity index (χ0) is 25.9. The first-order chi connectivity index (χ1) is 17.4. The molecule has 3 aromatic rings. The predicted molar refractivity (Wildman–Crippen MR) is 127 cm³/mol. The van der Waals surface area contributed by atoms with Gasteiger partial charge in [0.05, 0.1) is 14.2 Å². The lowest BCUT2D eigenvalue weighted by Gasteiger charge is -2.22. The third-order valence-corrected chi connectivity index (χ3v) is 5.07. The summed E-state index contributed by atoms with van der Waals surface area (Å²) < 4.78 is 26.0. The molecule has 0 radical (unpaired) electrons. The zero-order valence-corrected chi connectivity index (χ0v) is 19.8. The number of aliphatic hydroxyl groups excluding tert-OH is 1. The molecule has 0 amide bonds. The van der Waals surface area contributed by atoms with Crippen molar-refractivity contribution < 1.29 is 43.2 Å². The summed E-state index contributed by atoms with van der Waals surface area (Å²) in [5, 5.41) is 10.7. The molecule has 0 heterocycles. The van der Waals surface area contributed by atoms with E-state index < -0.39 is 30.1 Å². The number of rotatable bonds is 11. The van der Waals surface area contributed by atoms with Gasteiger partial charge in [-0.3, -0.25) is 0 Å². The number of carbonyl (C=O) groups excluding carboxylic acids is 3. The lowest BCUT2D eigenvalue weighted by Crippen LogP contribution is -2.44. The van der Waals surface area contributed by atoms with Crippen molar-refractivity contribution in [2.45, 2.75) is 25.4 Å². The highest BCUT2D eigenvalue weighted by Gasteiger charge is 2.39. The Morgan fingerprint density at radius 1 is 0.694 bits per heavy atom. The van der Waals surface area contributed by atoms with Gasteiger partial charge in [0.1, 0.15) is 30.3 Å². The van der Waals surface area contributed by atoms with E-state index in [9.17, 15) is 19.5 Å². The predicted octanol–water partition coefficient (Wildman–Crippen LogP) is 3.08. The minimum Gasteiger partial charge on any atom is -0.496 e. The Labute approximate surface area is 208 Å². The first kappa shape index (κ1) is 26.2. The van der Waals surface area contributed by atoms with Gasteiger partial charge in [-0.15, -0.1) is 0 Å². The Kier molecular flexibility index (Phi) is 9.41. The van der Waals surface area contributed by atoms with E-state index in [2.05, 4.69) is 0 Å². The molecule has 0 fully saturated rings. The molecule has 9 heteroatoms. The fourth-order valence-corrected chi connectivity index (χ4v) is 3.22. The largest absolute Gasteiger partial charge is 0.496 e. The highest BCUT2D eigenvalue weighted by Crippen LogP contribution is 2.29. The normalized spacial score (nSPS) is 12.1. The van der Waals surface area contributed by atoms with Gasteiger partial charge < -0.3 is 28.8 Å². The number of hydrogen-bond donors (Lipinski definition) is 1. The summed E-state index contributed by atoms with van der Waals surface area (Å²) in [5.74, 6) is -3.15. The van der Waals surface area contributed by atoms with Crippen LogP contribution in [-0.2, 0) is 37.0 Å². The second kappa shape index (κ2) is 12.9. The third kappa shape index (κ3) is 6.83. The lowest BCUT2D eigenvalue weighted by molar-refractivity contribution is -0.175. The summed E-state index contributed by atoms with van der Waals surface area (Å²) in [7, 11) is 2.68. The van der Waals surface area contributed by atoms with E-state index in [1.807, 2.05) is 0 Å². The second-order valence-electron chi connectivity index (χ2n) is 7.49. The lowest BCUT2D eigenvalue weighted by atomic mass is 10.1. The van der Waals surface area contributed by atoms with Gasteiger partial charge >= 0.3 is 17.9 Å². The van der Waals surface area contributed by atoms with Gasteiger partial charge in [0.15, 0.2) is 6.10 Å². The Bertz CT molecular complexity index is 1140. The molecule has 0 aromatic heterocycles. The van der Waals surface area contributed by atoms with Crippen LogP contribution in [-0.4, -0.2) is 49.4 Å². The van der Waals surface area contributed by atoms with E-state index in [0.717, 1.165) is 0 Å². The van der Waals surface area contributed by atoms with Crippen molar-refractivity contribution in [2.75, 3.05) is 14.2 Å². The SMILES string of the molecule is COc1cccc(OC)c1C(=O)O[C@@H](C(=O)OCc1ccccc1)[C@@H](O)C(=O)OCc1ccccc1. The molecule has 188 valence electrons. The van der Waals surface area contributed by atoms with Crippen LogP contribution in [0.2, 0.25) is 0 Å². The number of aliphatic hydroxyl groups is 1. The van der Waals surface area contributed by atoms with Gasteiger partial charge in [-0.25, -0.2) is 14.4 Å². The third-order valence-electron chi connectivity index (χ3n) is 5.07. The van der Waals surface area contributed by atoms with E-state index in [4.69, 9.17) is 23.7 Å². The number of methoxy groups -OCH3 is 2. The van der Waals surface area contributed by atoms with Crippen molar-refractivity contribution in [1.82, 2.24) is 0 Å². The van der Waals surface area contributed by atoms with Crippen LogP contribution in [0.3, 0.4) is 0 Å². The molecule has 3 aromatic carbocycles. The summed E-state index contributed by atoms with van der Waals surface area (Å²) in [6.45, 7) is -0.325. The maximum absolute atomic E-state index is 13.0. The molecule has 2 atom stereocenters. The second-order valence-corrected chi connectivity index (χ2v) is 7.49. The summed E-state index contributed by atoms with van der Waals surface area (Å²) in [5.41, 5.74) is 1.19. The molecular formula is C27H26O9. The molecule has 0 bridgehead atoms. The van der Waals surface area contributed by atoms with Crippen molar-refractivity contribution in [3.05, 3.63) is 95.6 Å². The van der Waals surface area contributed by atoms with Crippen LogP contribution in [0.25, 0.3) is 0 Å². The van der Waals surface area contributed by atoms with E-state index >= 15 is 0 Å². The Morgan fingerprint density at radius 2 is 1.17 bits per heavy atom. The molecular weight excluding hydrogens is 468 g/mol. The molecule has 0 saturated heterocycles. The van der Waals surface area contributed by atoms with E-state index in [0.29, 0.717) is 11.1 Å². The minimum absolute atomic E-state index is 0.108. The molecule has 9 nitrogen and oxygen atoms in total. The Morgan fingerprint density at radius 3 is 1.64 bits per heavy atom. The smallest absolute Gasteiger partial charge is 0.351 e. The summed E-state index contributed by atoms with van der Waals surface area (Å²) >= 11 is 0. The average Bonchev–Trinajstić information content (AvgIpc) is 2.93. The van der Waals surface area contributed by atoms with Crippen LogP contribution < -0.4 is 9.47 Å². The topological polar surface area (TPSA) is 118 Å². The van der Waals surface area contributed by atoms with Gasteiger partial charge in [-0.1, -0.05) is 66.7 Å². The van der Waals surface area contributed by atoms with Gasteiger partial charge in [-0.05, 0) is 23.3 Å². The zero-order valence-electron chi connectivity index (χ0n) is 19.8. The van der Waals surface area contributed by atoms with Crippen LogP contribution in [0.15, 0.2) is 78.9 Å². The van der Waals surface area contributed by atoms with Crippen molar-refractivity contribution in [1.29, 1.82) is 0 Å². The van der Waals surface area contributed by atoms with Crippen molar-refractivity contribution in [2.24, 2.45) is 0 Å². The summed E-state index contributed by atoms with van der Waals surface area (Å²) in [6.07, 6.45) is -4.17. The minimum atomic E-state index is -2.15. The maximum Gasteiger partial charge on any atom is 0.351 e. The monoisotopic (exact) mass is 494 g/mol. The van der Waals surface area contributed by atoms with Crippen LogP contribution in [0.4, 0.5) is 0 Å². The molecule has 36 heavy (non-hydrogen) atoms. The molecule has 0 spiro atoms. The van der Waals surface area contributed by atoms with Crippen LogP contribution in [0, 0.1) is 0 Å². The van der Waals surface area contributed by atoms with Crippen LogP contribution >= 0.6 is 0 Å². The van der Waals surface area contributed by atoms with Crippen molar-refractivity contribution in [3.8, 4) is 11.5 Å². The molecule has 0 unspecified atom stereocenters. The Hall–Kier alpha value is -4.37. The number of esters is 3. The van der Waals surface area contributed by atoms with Gasteiger partial charge in [0, 0.05) is 0 Å². The Balaban J connectivity index is 1.80. The molecule has 0 aliphatic carbocycles. The standard InChI is InChI=1S/C27H26O9/c1-32-20-14-9-15-21(33-2)22(20)25(29)36-24(27(31)35-17-19-12-7-4-8-13-19)23(28)26(30)34-16-18-10-5-3-6-11-18/h3-15,23-24,28H,16-17H2,1-2H3/t23-,24-/m1/s1. The fourth-order valence-electron chi connectivity index (χ4n) is 3.22. The number of ether oxygens (including phenoxy) is 5. The summed E-state index contributed by atoms with van der Waals surface area (Å²) in [6, 6.07) is 22.1. The van der Waals surface area contributed by atoms with Crippen molar-refractivity contribution >= 4 is 17.9 Å². The van der Waals surface area contributed by atoms with Gasteiger partial charge in [0.25, 0.3) is 0 Å². The number of benzene rings is 3. The molecule has 3 rings (SSSR count).